The van der Waals surface area contributed by atoms with Gasteiger partial charge in [-0.1, -0.05) is 0 Å². The number of aldehydes is 1. The maximum Gasteiger partial charge on any atom is 0.225 e. The number of hydrogen-bond donors (Lipinski definition) is 1. The molecule has 1 fully saturated rings. The standard InChI is InChI=1S/C11H15N3O2/c1-14(6-8-2-10(16)3-8)11-12-4-9(7-15)5-13-11/h4-5,7-8,10,16H,2-3,6H2,1H3. The van der Waals surface area contributed by atoms with Crippen LogP contribution in [0.3, 0.4) is 0 Å². The molecule has 0 atom stereocenters. The van der Waals surface area contributed by atoms with E-state index in [1.54, 1.807) is 0 Å². The van der Waals surface area contributed by atoms with Gasteiger partial charge >= 0.3 is 0 Å². The average Bonchev–Trinajstić information content (AvgIpc) is 2.27. The van der Waals surface area contributed by atoms with Crippen LogP contribution in [0.1, 0.15) is 23.2 Å². The Bertz CT molecular complexity index is 360. The molecule has 86 valence electrons. The summed E-state index contributed by atoms with van der Waals surface area (Å²) in [6.07, 6.45) is 5.35. The van der Waals surface area contributed by atoms with Crippen LogP contribution in [-0.2, 0) is 0 Å². The number of nitrogens with zero attached hydrogens (tertiary/aromatic N) is 3. The van der Waals surface area contributed by atoms with E-state index in [0.717, 1.165) is 25.7 Å². The number of rotatable bonds is 4. The zero-order valence-corrected chi connectivity index (χ0v) is 9.21. The second-order valence-electron chi connectivity index (χ2n) is 4.31. The van der Waals surface area contributed by atoms with Crippen molar-refractivity contribution in [1.82, 2.24) is 9.97 Å². The van der Waals surface area contributed by atoms with Gasteiger partial charge in [-0.2, -0.15) is 0 Å². The molecule has 0 radical (unpaired) electrons. The van der Waals surface area contributed by atoms with Gasteiger partial charge in [0.1, 0.15) is 0 Å². The van der Waals surface area contributed by atoms with E-state index in [-0.39, 0.29) is 6.10 Å². The van der Waals surface area contributed by atoms with Crippen LogP contribution >= 0.6 is 0 Å². The highest BCUT2D eigenvalue weighted by Gasteiger charge is 2.28. The minimum absolute atomic E-state index is 0.128. The number of aliphatic hydroxyl groups is 1. The summed E-state index contributed by atoms with van der Waals surface area (Å²) in [5.41, 5.74) is 0.483. The minimum Gasteiger partial charge on any atom is -0.393 e. The maximum absolute atomic E-state index is 10.4. The lowest BCUT2D eigenvalue weighted by Gasteiger charge is -2.34. The first-order valence-electron chi connectivity index (χ1n) is 5.35. The second-order valence-corrected chi connectivity index (χ2v) is 4.31. The summed E-state index contributed by atoms with van der Waals surface area (Å²) in [6.45, 7) is 0.845. The van der Waals surface area contributed by atoms with Gasteiger partial charge in [0, 0.05) is 26.0 Å². The molecular weight excluding hydrogens is 206 g/mol. The third-order valence-corrected chi connectivity index (χ3v) is 2.88. The quantitative estimate of drug-likeness (QED) is 0.750. The van der Waals surface area contributed by atoms with E-state index in [9.17, 15) is 9.90 Å². The smallest absolute Gasteiger partial charge is 0.225 e. The van der Waals surface area contributed by atoms with Gasteiger partial charge in [0.15, 0.2) is 6.29 Å². The van der Waals surface area contributed by atoms with Gasteiger partial charge in [-0.05, 0) is 18.8 Å². The lowest BCUT2D eigenvalue weighted by Crippen LogP contribution is -2.37. The Kier molecular flexibility index (Phi) is 3.14. The summed E-state index contributed by atoms with van der Waals surface area (Å²) >= 11 is 0. The number of carbonyl (C=O) groups is 1. The average molecular weight is 221 g/mol. The maximum atomic E-state index is 10.4. The predicted molar refractivity (Wildman–Crippen MR) is 59.4 cm³/mol. The van der Waals surface area contributed by atoms with Crippen LogP contribution in [0.4, 0.5) is 5.95 Å². The molecule has 0 spiro atoms. The molecule has 0 unspecified atom stereocenters. The fourth-order valence-corrected chi connectivity index (χ4v) is 1.91. The van der Waals surface area contributed by atoms with Crippen LogP contribution in [-0.4, -0.2) is 41.1 Å². The molecule has 1 heterocycles. The summed E-state index contributed by atoms with van der Waals surface area (Å²) < 4.78 is 0. The number of carbonyl (C=O) groups excluding carboxylic acids is 1. The van der Waals surface area contributed by atoms with Gasteiger partial charge in [-0.3, -0.25) is 4.79 Å². The molecule has 0 amide bonds. The van der Waals surface area contributed by atoms with Crippen molar-refractivity contribution in [3.05, 3.63) is 18.0 Å². The first-order chi connectivity index (χ1) is 7.69. The van der Waals surface area contributed by atoms with E-state index in [1.165, 1.54) is 12.4 Å². The van der Waals surface area contributed by atoms with E-state index in [0.29, 0.717) is 17.4 Å². The highest BCUT2D eigenvalue weighted by atomic mass is 16.3. The third-order valence-electron chi connectivity index (χ3n) is 2.88. The summed E-state index contributed by atoms with van der Waals surface area (Å²) in [5.74, 6) is 1.14. The number of aromatic nitrogens is 2. The first-order valence-corrected chi connectivity index (χ1v) is 5.35. The van der Waals surface area contributed by atoms with Crippen molar-refractivity contribution < 1.29 is 9.90 Å². The van der Waals surface area contributed by atoms with Crippen molar-refractivity contribution in [3.8, 4) is 0 Å². The highest BCUT2D eigenvalue weighted by Crippen LogP contribution is 2.28. The summed E-state index contributed by atoms with van der Waals surface area (Å²) in [5, 5.41) is 9.18. The van der Waals surface area contributed by atoms with E-state index in [1.807, 2.05) is 11.9 Å². The van der Waals surface area contributed by atoms with Gasteiger partial charge in [-0.25, -0.2) is 9.97 Å². The lowest BCUT2D eigenvalue weighted by molar-refractivity contribution is 0.0463. The number of hydrogen-bond acceptors (Lipinski definition) is 5. The van der Waals surface area contributed by atoms with Crippen LogP contribution in [0.2, 0.25) is 0 Å². The summed E-state index contributed by atoms with van der Waals surface area (Å²) in [4.78, 5) is 20.6. The van der Waals surface area contributed by atoms with Crippen LogP contribution < -0.4 is 4.90 Å². The van der Waals surface area contributed by atoms with E-state index in [4.69, 9.17) is 0 Å². The number of aliphatic hydroxyl groups excluding tert-OH is 1. The molecule has 0 aromatic carbocycles. The van der Waals surface area contributed by atoms with Gasteiger partial charge in [0.05, 0.1) is 11.7 Å². The van der Waals surface area contributed by atoms with Crippen LogP contribution in [0.25, 0.3) is 0 Å². The molecule has 5 heteroatoms. The number of anilines is 1. The van der Waals surface area contributed by atoms with E-state index < -0.39 is 0 Å². The first kappa shape index (κ1) is 11.0. The molecule has 0 aliphatic heterocycles. The Morgan fingerprint density at radius 3 is 2.62 bits per heavy atom. The zero-order chi connectivity index (χ0) is 11.5. The molecule has 0 saturated heterocycles. The zero-order valence-electron chi connectivity index (χ0n) is 9.21. The fourth-order valence-electron chi connectivity index (χ4n) is 1.91. The highest BCUT2D eigenvalue weighted by molar-refractivity contribution is 5.73. The molecule has 0 bridgehead atoms. The largest absolute Gasteiger partial charge is 0.393 e. The fraction of sp³-hybridized carbons (Fsp3) is 0.545. The lowest BCUT2D eigenvalue weighted by atomic mass is 9.82. The van der Waals surface area contributed by atoms with Crippen molar-refractivity contribution in [2.45, 2.75) is 18.9 Å². The van der Waals surface area contributed by atoms with Gasteiger partial charge in [0.25, 0.3) is 0 Å². The Morgan fingerprint density at radius 2 is 2.12 bits per heavy atom. The predicted octanol–water partition coefficient (Wildman–Crippen LogP) is 0.496. The van der Waals surface area contributed by atoms with Crippen molar-refractivity contribution in [2.24, 2.45) is 5.92 Å². The molecule has 2 rings (SSSR count). The van der Waals surface area contributed by atoms with E-state index in [2.05, 4.69) is 9.97 Å². The molecule has 1 aliphatic carbocycles. The van der Waals surface area contributed by atoms with Crippen molar-refractivity contribution >= 4 is 12.2 Å². The summed E-state index contributed by atoms with van der Waals surface area (Å²) in [6, 6.07) is 0. The summed E-state index contributed by atoms with van der Waals surface area (Å²) in [7, 11) is 1.92. The molecule has 1 N–H and O–H groups in total. The Balaban J connectivity index is 1.92. The van der Waals surface area contributed by atoms with Crippen LogP contribution in [0, 0.1) is 5.92 Å². The molecule has 1 aromatic heterocycles. The van der Waals surface area contributed by atoms with Gasteiger partial charge in [-0.15, -0.1) is 0 Å². The van der Waals surface area contributed by atoms with Crippen LogP contribution in [0.15, 0.2) is 12.4 Å². The normalized spacial score (nSPS) is 23.6. The van der Waals surface area contributed by atoms with Crippen LogP contribution in [0.5, 0.6) is 0 Å². The van der Waals surface area contributed by atoms with Gasteiger partial charge in [0.2, 0.25) is 5.95 Å². The Morgan fingerprint density at radius 1 is 1.50 bits per heavy atom. The second kappa shape index (κ2) is 4.57. The molecule has 16 heavy (non-hydrogen) atoms. The van der Waals surface area contributed by atoms with E-state index >= 15 is 0 Å². The molecule has 1 aromatic rings. The molecule has 1 aliphatic rings. The minimum atomic E-state index is -0.128. The topological polar surface area (TPSA) is 66.3 Å². The van der Waals surface area contributed by atoms with Gasteiger partial charge < -0.3 is 10.0 Å². The third kappa shape index (κ3) is 2.36. The molecule has 5 nitrogen and oxygen atoms in total. The van der Waals surface area contributed by atoms with Crippen molar-refractivity contribution in [1.29, 1.82) is 0 Å². The SMILES string of the molecule is CN(CC1CC(O)C1)c1ncc(C=O)cn1. The molecule has 1 saturated carbocycles. The van der Waals surface area contributed by atoms with Crippen molar-refractivity contribution in [2.75, 3.05) is 18.5 Å². The molecular formula is C11H15N3O2. The Labute approximate surface area is 94.1 Å². The monoisotopic (exact) mass is 221 g/mol. The Hall–Kier alpha value is -1.49. The van der Waals surface area contributed by atoms with Crippen molar-refractivity contribution in [3.63, 3.8) is 0 Å².